The summed E-state index contributed by atoms with van der Waals surface area (Å²) in [5.41, 5.74) is 1.08. The number of amides is 1. The molecule has 1 aliphatic heterocycles. The first kappa shape index (κ1) is 24.3. The van der Waals surface area contributed by atoms with Crippen LogP contribution in [0.15, 0.2) is 71.8 Å². The van der Waals surface area contributed by atoms with Crippen molar-refractivity contribution in [2.24, 2.45) is 5.41 Å². The molecule has 1 aliphatic rings. The van der Waals surface area contributed by atoms with Crippen LogP contribution in [0.2, 0.25) is 0 Å². The zero-order chi connectivity index (χ0) is 25.1. The number of benzene rings is 1. The van der Waals surface area contributed by atoms with Crippen molar-refractivity contribution in [1.82, 2.24) is 14.9 Å². The first-order valence-electron chi connectivity index (χ1n) is 11.7. The molecule has 0 saturated carbocycles. The van der Waals surface area contributed by atoms with Crippen molar-refractivity contribution in [3.63, 3.8) is 0 Å². The summed E-state index contributed by atoms with van der Waals surface area (Å²) in [5.74, 6) is 1.35. The molecule has 35 heavy (non-hydrogen) atoms. The van der Waals surface area contributed by atoms with Crippen LogP contribution in [0.25, 0.3) is 5.69 Å². The molecule has 0 bridgehead atoms. The minimum atomic E-state index is -0.401. The van der Waals surface area contributed by atoms with E-state index in [2.05, 4.69) is 22.1 Å². The highest BCUT2D eigenvalue weighted by molar-refractivity contribution is 5.68. The number of alkyl carbamates (subject to hydrolysis) is 1. The zero-order valence-corrected chi connectivity index (χ0v) is 20.7. The SMILES string of the molecule is CC1(COC(=O)NC(C)(C)C)CN(c2ccc(-n3ccc(OCc4ccccc4)cc3=O)cn2)C1. The molecule has 0 aliphatic carbocycles. The molecule has 1 aromatic carbocycles. The predicted molar refractivity (Wildman–Crippen MR) is 135 cm³/mol. The first-order valence-corrected chi connectivity index (χ1v) is 11.7. The first-order chi connectivity index (χ1) is 16.6. The fourth-order valence-corrected chi connectivity index (χ4v) is 3.92. The van der Waals surface area contributed by atoms with Crippen molar-refractivity contribution >= 4 is 11.9 Å². The van der Waals surface area contributed by atoms with Crippen LogP contribution in [0.5, 0.6) is 5.75 Å². The Hall–Kier alpha value is -3.81. The van der Waals surface area contributed by atoms with Crippen LogP contribution >= 0.6 is 0 Å². The topological polar surface area (TPSA) is 85.7 Å². The van der Waals surface area contributed by atoms with Gasteiger partial charge in [-0.3, -0.25) is 9.36 Å². The van der Waals surface area contributed by atoms with E-state index in [9.17, 15) is 9.59 Å². The van der Waals surface area contributed by atoms with Crippen LogP contribution in [0.3, 0.4) is 0 Å². The lowest BCUT2D eigenvalue weighted by atomic mass is 9.83. The highest BCUT2D eigenvalue weighted by Crippen LogP contribution is 2.33. The highest BCUT2D eigenvalue weighted by atomic mass is 16.5. The van der Waals surface area contributed by atoms with Gasteiger partial charge in [-0.15, -0.1) is 0 Å². The van der Waals surface area contributed by atoms with Crippen LogP contribution in [0, 0.1) is 5.41 Å². The maximum Gasteiger partial charge on any atom is 0.407 e. The molecule has 3 heterocycles. The number of anilines is 1. The fraction of sp³-hybridized carbons (Fsp3) is 0.370. The van der Waals surface area contributed by atoms with Gasteiger partial charge < -0.3 is 19.7 Å². The Morgan fingerprint density at radius 3 is 2.49 bits per heavy atom. The second-order valence-corrected chi connectivity index (χ2v) is 10.3. The number of carbonyl (C=O) groups is 1. The van der Waals surface area contributed by atoms with Gasteiger partial charge in [0.25, 0.3) is 5.56 Å². The van der Waals surface area contributed by atoms with Crippen molar-refractivity contribution in [2.45, 2.75) is 39.8 Å². The van der Waals surface area contributed by atoms with E-state index >= 15 is 0 Å². The molecular formula is C27H32N4O4. The van der Waals surface area contributed by atoms with Crippen LogP contribution in [0.4, 0.5) is 10.6 Å². The van der Waals surface area contributed by atoms with Gasteiger partial charge in [0.2, 0.25) is 0 Å². The summed E-state index contributed by atoms with van der Waals surface area (Å²) in [5, 5.41) is 2.80. The number of nitrogens with zero attached hydrogens (tertiary/aromatic N) is 3. The Balaban J connectivity index is 1.31. The quantitative estimate of drug-likeness (QED) is 0.551. The van der Waals surface area contributed by atoms with Crippen molar-refractivity contribution in [3.05, 3.63) is 82.9 Å². The normalized spacial score (nSPS) is 14.7. The van der Waals surface area contributed by atoms with Crippen molar-refractivity contribution < 1.29 is 14.3 Å². The Morgan fingerprint density at radius 2 is 1.86 bits per heavy atom. The molecule has 0 spiro atoms. The number of pyridine rings is 2. The van der Waals surface area contributed by atoms with Crippen molar-refractivity contribution in [2.75, 3.05) is 24.6 Å². The van der Waals surface area contributed by atoms with E-state index < -0.39 is 6.09 Å². The maximum atomic E-state index is 12.6. The fourth-order valence-electron chi connectivity index (χ4n) is 3.92. The van der Waals surface area contributed by atoms with Crippen LogP contribution in [-0.4, -0.2) is 40.9 Å². The number of rotatable bonds is 7. The van der Waals surface area contributed by atoms with Gasteiger partial charge in [-0.2, -0.15) is 0 Å². The van der Waals surface area contributed by atoms with Gasteiger partial charge in [-0.05, 0) is 44.5 Å². The third kappa shape index (κ3) is 6.41. The van der Waals surface area contributed by atoms with E-state index in [4.69, 9.17) is 9.47 Å². The zero-order valence-electron chi connectivity index (χ0n) is 20.7. The molecule has 0 radical (unpaired) electrons. The van der Waals surface area contributed by atoms with Gasteiger partial charge in [0, 0.05) is 36.3 Å². The lowest BCUT2D eigenvalue weighted by Gasteiger charge is -2.48. The molecule has 1 N–H and O–H groups in total. The standard InChI is InChI=1S/C27H32N4O4/c1-26(2,3)29-25(33)35-19-27(4)17-30(18-27)23-11-10-21(15-28-23)31-13-12-22(14-24(31)32)34-16-20-8-6-5-7-9-20/h5-15H,16-19H2,1-4H3,(H,29,33). The van der Waals surface area contributed by atoms with Crippen molar-refractivity contribution in [1.29, 1.82) is 0 Å². The minimum Gasteiger partial charge on any atom is -0.489 e. The number of hydrogen-bond acceptors (Lipinski definition) is 6. The molecule has 2 aromatic heterocycles. The smallest absolute Gasteiger partial charge is 0.407 e. The van der Waals surface area contributed by atoms with Crippen LogP contribution in [0.1, 0.15) is 33.3 Å². The van der Waals surface area contributed by atoms with Gasteiger partial charge >= 0.3 is 6.09 Å². The summed E-state index contributed by atoms with van der Waals surface area (Å²) < 4.78 is 12.7. The second kappa shape index (κ2) is 9.82. The molecule has 8 nitrogen and oxygen atoms in total. The average molecular weight is 477 g/mol. The molecule has 0 unspecified atom stereocenters. The monoisotopic (exact) mass is 476 g/mol. The number of nitrogens with one attached hydrogen (secondary N) is 1. The Labute approximate surface area is 205 Å². The molecule has 8 heteroatoms. The molecule has 1 saturated heterocycles. The van der Waals surface area contributed by atoms with Crippen LogP contribution in [-0.2, 0) is 11.3 Å². The number of hydrogen-bond donors (Lipinski definition) is 1. The predicted octanol–water partition coefficient (Wildman–Crippen LogP) is 4.16. The molecule has 3 aromatic rings. The largest absolute Gasteiger partial charge is 0.489 e. The van der Waals surface area contributed by atoms with E-state index in [-0.39, 0.29) is 16.5 Å². The Morgan fingerprint density at radius 1 is 1.11 bits per heavy atom. The van der Waals surface area contributed by atoms with E-state index in [0.717, 1.165) is 24.5 Å². The van der Waals surface area contributed by atoms with E-state index in [0.29, 0.717) is 24.7 Å². The summed E-state index contributed by atoms with van der Waals surface area (Å²) in [4.78, 5) is 31.2. The summed E-state index contributed by atoms with van der Waals surface area (Å²) in [7, 11) is 0. The highest BCUT2D eigenvalue weighted by Gasteiger charge is 2.40. The Kier molecular flexibility index (Phi) is 6.82. The molecular weight excluding hydrogens is 444 g/mol. The number of aromatic nitrogens is 2. The van der Waals surface area contributed by atoms with E-state index in [1.54, 1.807) is 18.5 Å². The summed E-state index contributed by atoms with van der Waals surface area (Å²) >= 11 is 0. The number of carbonyl (C=O) groups excluding carboxylic acids is 1. The summed E-state index contributed by atoms with van der Waals surface area (Å²) in [6.45, 7) is 10.0. The summed E-state index contributed by atoms with van der Waals surface area (Å²) in [6, 6.07) is 16.8. The third-order valence-corrected chi connectivity index (χ3v) is 5.65. The second-order valence-electron chi connectivity index (χ2n) is 10.3. The van der Waals surface area contributed by atoms with E-state index in [1.165, 1.54) is 10.6 Å². The van der Waals surface area contributed by atoms with Crippen molar-refractivity contribution in [3.8, 4) is 11.4 Å². The third-order valence-electron chi connectivity index (χ3n) is 5.65. The number of ether oxygens (including phenoxy) is 2. The van der Waals surface area contributed by atoms with Gasteiger partial charge in [-0.1, -0.05) is 37.3 Å². The average Bonchev–Trinajstić information content (AvgIpc) is 2.79. The lowest BCUT2D eigenvalue weighted by molar-refractivity contribution is 0.0691. The van der Waals surface area contributed by atoms with Gasteiger partial charge in [0.1, 0.15) is 24.8 Å². The van der Waals surface area contributed by atoms with Gasteiger partial charge in [0.05, 0.1) is 11.9 Å². The van der Waals surface area contributed by atoms with Crippen LogP contribution < -0.4 is 20.5 Å². The lowest BCUT2D eigenvalue weighted by Crippen LogP contribution is -2.58. The molecule has 4 rings (SSSR count). The summed E-state index contributed by atoms with van der Waals surface area (Å²) in [6.07, 6.45) is 2.98. The molecule has 1 fully saturated rings. The Bertz CT molecular complexity index is 1210. The van der Waals surface area contributed by atoms with Gasteiger partial charge in [0.15, 0.2) is 0 Å². The van der Waals surface area contributed by atoms with E-state index in [1.807, 2.05) is 63.2 Å². The van der Waals surface area contributed by atoms with Gasteiger partial charge in [-0.25, -0.2) is 9.78 Å². The molecule has 184 valence electrons. The molecule has 1 amide bonds. The molecule has 0 atom stereocenters. The minimum absolute atomic E-state index is 0.123. The maximum absolute atomic E-state index is 12.6.